The maximum Gasteiger partial charge on any atom is 0.294 e. The molecule has 10 heteroatoms. The van der Waals surface area contributed by atoms with Crippen LogP contribution in [0.2, 0.25) is 0 Å². The molecule has 0 unspecified atom stereocenters. The summed E-state index contributed by atoms with van der Waals surface area (Å²) in [6.45, 7) is 1.21. The van der Waals surface area contributed by atoms with Gasteiger partial charge < -0.3 is 14.4 Å². The van der Waals surface area contributed by atoms with E-state index in [0.29, 0.717) is 40.2 Å². The number of imide groups is 1. The van der Waals surface area contributed by atoms with Crippen molar-refractivity contribution in [2.24, 2.45) is 0 Å². The molecule has 2 aliphatic heterocycles. The van der Waals surface area contributed by atoms with Crippen LogP contribution in [-0.2, 0) is 16.2 Å². The number of piperidine rings is 1. The second-order valence-corrected chi connectivity index (χ2v) is 10.0. The van der Waals surface area contributed by atoms with E-state index in [1.165, 1.54) is 19.2 Å². The van der Waals surface area contributed by atoms with E-state index in [4.69, 9.17) is 9.47 Å². The molecule has 2 aromatic rings. The first-order valence-corrected chi connectivity index (χ1v) is 12.7. The Labute approximate surface area is 215 Å². The lowest BCUT2D eigenvalue weighted by Crippen LogP contribution is -2.44. The second-order valence-electron chi connectivity index (χ2n) is 8.15. The van der Waals surface area contributed by atoms with Crippen molar-refractivity contribution in [3.63, 3.8) is 0 Å². The van der Waals surface area contributed by atoms with Crippen LogP contribution in [0.25, 0.3) is 6.08 Å². The molecule has 2 fully saturated rings. The molecule has 184 valence electrons. The molecular formula is C25H24BrFN2O5S. The molecule has 2 aromatic carbocycles. The van der Waals surface area contributed by atoms with Crippen molar-refractivity contribution in [3.05, 3.63) is 62.7 Å². The van der Waals surface area contributed by atoms with Crippen LogP contribution in [0, 0.1) is 5.82 Å². The number of benzene rings is 2. The summed E-state index contributed by atoms with van der Waals surface area (Å²) in [6.07, 6.45) is 4.54. The molecule has 4 rings (SSSR count). The summed E-state index contributed by atoms with van der Waals surface area (Å²) in [5.41, 5.74) is 1.27. The molecule has 3 amide bonds. The third kappa shape index (κ3) is 6.05. The Morgan fingerprint density at radius 1 is 1.14 bits per heavy atom. The Morgan fingerprint density at radius 3 is 2.63 bits per heavy atom. The number of carbonyl (C=O) groups excluding carboxylic acids is 3. The number of nitrogens with zero attached hydrogens (tertiary/aromatic N) is 2. The first kappa shape index (κ1) is 25.2. The van der Waals surface area contributed by atoms with Crippen LogP contribution < -0.4 is 9.47 Å². The summed E-state index contributed by atoms with van der Waals surface area (Å²) in [4.78, 5) is 40.9. The van der Waals surface area contributed by atoms with Gasteiger partial charge in [0.15, 0.2) is 11.5 Å². The predicted molar refractivity (Wildman–Crippen MR) is 135 cm³/mol. The number of halogens is 2. The summed E-state index contributed by atoms with van der Waals surface area (Å²) >= 11 is 4.28. The predicted octanol–water partition coefficient (Wildman–Crippen LogP) is 5.22. The van der Waals surface area contributed by atoms with Crippen LogP contribution in [-0.4, -0.2) is 53.6 Å². The summed E-state index contributed by atoms with van der Waals surface area (Å²) in [5.74, 6) is -0.212. The molecule has 0 spiro atoms. The number of hydrogen-bond acceptors (Lipinski definition) is 6. The SMILES string of the molecule is COc1cc(/C=C2\SC(=O)N(CC(=O)N3CCCCC3)C2=O)c(Br)cc1OCc1cccc(F)c1. The normalized spacial score (nSPS) is 17.3. The highest BCUT2D eigenvalue weighted by Crippen LogP contribution is 2.38. The molecule has 0 aliphatic carbocycles. The Morgan fingerprint density at radius 2 is 1.91 bits per heavy atom. The van der Waals surface area contributed by atoms with Gasteiger partial charge in [-0.15, -0.1) is 0 Å². The minimum atomic E-state index is -0.498. The topological polar surface area (TPSA) is 76.2 Å². The monoisotopic (exact) mass is 562 g/mol. The van der Waals surface area contributed by atoms with Crippen molar-refractivity contribution in [1.82, 2.24) is 9.80 Å². The van der Waals surface area contributed by atoms with Gasteiger partial charge in [0.05, 0.1) is 12.0 Å². The van der Waals surface area contributed by atoms with Crippen molar-refractivity contribution < 1.29 is 28.2 Å². The zero-order valence-corrected chi connectivity index (χ0v) is 21.5. The van der Waals surface area contributed by atoms with Crippen molar-refractivity contribution in [2.45, 2.75) is 25.9 Å². The fourth-order valence-electron chi connectivity index (χ4n) is 3.88. The zero-order valence-electron chi connectivity index (χ0n) is 19.1. The number of rotatable bonds is 7. The molecule has 0 aromatic heterocycles. The van der Waals surface area contributed by atoms with Crippen LogP contribution >= 0.6 is 27.7 Å². The number of thioether (sulfide) groups is 1. The molecule has 0 radical (unpaired) electrons. The number of carbonyl (C=O) groups is 3. The van der Waals surface area contributed by atoms with E-state index < -0.39 is 11.1 Å². The molecule has 0 atom stereocenters. The number of hydrogen-bond donors (Lipinski definition) is 0. The van der Waals surface area contributed by atoms with Gasteiger partial charge in [-0.1, -0.05) is 28.1 Å². The number of ether oxygens (including phenoxy) is 2. The Bertz CT molecular complexity index is 1180. The fourth-order valence-corrected chi connectivity index (χ4v) is 5.14. The minimum Gasteiger partial charge on any atom is -0.493 e. The maximum atomic E-state index is 13.4. The van der Waals surface area contributed by atoms with Gasteiger partial charge in [0, 0.05) is 17.6 Å². The van der Waals surface area contributed by atoms with Gasteiger partial charge in [0.2, 0.25) is 5.91 Å². The average molecular weight is 563 g/mol. The first-order chi connectivity index (χ1) is 16.9. The van der Waals surface area contributed by atoms with E-state index in [2.05, 4.69) is 15.9 Å². The zero-order chi connectivity index (χ0) is 24.9. The highest BCUT2D eigenvalue weighted by molar-refractivity contribution is 9.10. The highest BCUT2D eigenvalue weighted by Gasteiger charge is 2.37. The van der Waals surface area contributed by atoms with Gasteiger partial charge in [-0.05, 0) is 72.5 Å². The van der Waals surface area contributed by atoms with Gasteiger partial charge >= 0.3 is 0 Å². The number of methoxy groups -OCH3 is 1. The molecule has 7 nitrogen and oxygen atoms in total. The van der Waals surface area contributed by atoms with Crippen molar-refractivity contribution in [3.8, 4) is 11.5 Å². The number of likely N-dealkylation sites (tertiary alicyclic amines) is 1. The van der Waals surface area contributed by atoms with Gasteiger partial charge in [-0.3, -0.25) is 19.3 Å². The van der Waals surface area contributed by atoms with E-state index in [1.54, 1.807) is 35.2 Å². The molecular weight excluding hydrogens is 539 g/mol. The lowest BCUT2D eigenvalue weighted by molar-refractivity contribution is -0.136. The lowest BCUT2D eigenvalue weighted by Gasteiger charge is -2.27. The largest absolute Gasteiger partial charge is 0.493 e. The Balaban J connectivity index is 1.48. The Kier molecular flexibility index (Phi) is 8.12. The van der Waals surface area contributed by atoms with E-state index in [1.807, 2.05) is 0 Å². The molecule has 2 heterocycles. The van der Waals surface area contributed by atoms with Gasteiger partial charge in [0.25, 0.3) is 11.1 Å². The quantitative estimate of drug-likeness (QED) is 0.430. The minimum absolute atomic E-state index is 0.143. The Hall–Kier alpha value is -2.85. The molecule has 0 saturated carbocycles. The molecule has 2 aliphatic rings. The van der Waals surface area contributed by atoms with Crippen LogP contribution in [0.5, 0.6) is 11.5 Å². The van der Waals surface area contributed by atoms with Crippen molar-refractivity contribution in [2.75, 3.05) is 26.7 Å². The summed E-state index contributed by atoms with van der Waals surface area (Å²) in [7, 11) is 1.49. The van der Waals surface area contributed by atoms with Gasteiger partial charge in [-0.2, -0.15) is 0 Å². The van der Waals surface area contributed by atoms with E-state index in [0.717, 1.165) is 35.9 Å². The van der Waals surface area contributed by atoms with Crippen LogP contribution in [0.15, 0.2) is 45.8 Å². The summed E-state index contributed by atoms with van der Waals surface area (Å²) < 4.78 is 25.3. The first-order valence-electron chi connectivity index (χ1n) is 11.1. The lowest BCUT2D eigenvalue weighted by atomic mass is 10.1. The standard InChI is InChI=1S/C25H24BrFN2O5S/c1-33-20-11-17(19(26)13-21(20)34-15-16-6-5-7-18(27)10-16)12-22-24(31)29(25(32)35-22)14-23(30)28-8-3-2-4-9-28/h5-7,10-13H,2-4,8-9,14-15H2,1H3/b22-12-. The summed E-state index contributed by atoms with van der Waals surface area (Å²) in [5, 5.41) is -0.468. The third-order valence-electron chi connectivity index (χ3n) is 5.73. The van der Waals surface area contributed by atoms with E-state index in [9.17, 15) is 18.8 Å². The van der Waals surface area contributed by atoms with Gasteiger partial charge in [-0.25, -0.2) is 4.39 Å². The van der Waals surface area contributed by atoms with Crippen molar-refractivity contribution >= 4 is 50.8 Å². The summed E-state index contributed by atoms with van der Waals surface area (Å²) in [6, 6.07) is 9.48. The third-order valence-corrected chi connectivity index (χ3v) is 7.32. The fraction of sp³-hybridized carbons (Fsp3) is 0.320. The molecule has 0 N–H and O–H groups in total. The highest BCUT2D eigenvalue weighted by atomic mass is 79.9. The molecule has 2 saturated heterocycles. The van der Waals surface area contributed by atoms with Crippen LogP contribution in [0.4, 0.5) is 9.18 Å². The maximum absolute atomic E-state index is 13.4. The van der Waals surface area contributed by atoms with Crippen molar-refractivity contribution in [1.29, 1.82) is 0 Å². The van der Waals surface area contributed by atoms with Gasteiger partial charge in [0.1, 0.15) is 19.0 Å². The molecule has 35 heavy (non-hydrogen) atoms. The number of amides is 3. The van der Waals surface area contributed by atoms with E-state index >= 15 is 0 Å². The van der Waals surface area contributed by atoms with Crippen LogP contribution in [0.3, 0.4) is 0 Å². The average Bonchev–Trinajstić information content (AvgIpc) is 3.11. The van der Waals surface area contributed by atoms with E-state index in [-0.39, 0.29) is 29.8 Å². The van der Waals surface area contributed by atoms with Crippen LogP contribution in [0.1, 0.15) is 30.4 Å². The molecule has 0 bridgehead atoms. The smallest absolute Gasteiger partial charge is 0.294 e. The second kappa shape index (κ2) is 11.3.